The van der Waals surface area contributed by atoms with Crippen molar-refractivity contribution >= 4 is 16.0 Å². The molecule has 0 aromatic heterocycles. The van der Waals surface area contributed by atoms with Gasteiger partial charge in [-0.25, -0.2) is 13.6 Å². The maximum Gasteiger partial charge on any atom is 0.302 e. The number of benzene rings is 2. The lowest BCUT2D eigenvalue weighted by molar-refractivity contribution is -0.142. The molecule has 1 atom stereocenters. The number of carbonyl (C=O) groups excluding carboxylic acids is 1. The van der Waals surface area contributed by atoms with Crippen molar-refractivity contribution in [1.29, 1.82) is 0 Å². The molecule has 0 unspecified atom stereocenters. The molecule has 2 rings (SSSR count). The van der Waals surface area contributed by atoms with Crippen LogP contribution in [0.3, 0.4) is 0 Å². The molecule has 0 spiro atoms. The number of rotatable bonds is 18. The predicted octanol–water partition coefficient (Wildman–Crippen LogP) is 3.33. The summed E-state index contributed by atoms with van der Waals surface area (Å²) in [6.07, 6.45) is 6.05. The van der Waals surface area contributed by atoms with Gasteiger partial charge in [0.15, 0.2) is 0 Å². The molecule has 37 heavy (non-hydrogen) atoms. The summed E-state index contributed by atoms with van der Waals surface area (Å²) in [7, 11) is -3.66. The molecule has 0 radical (unpaired) electrons. The van der Waals surface area contributed by atoms with Gasteiger partial charge in [-0.15, -0.1) is 0 Å². The first-order valence-corrected chi connectivity index (χ1v) is 14.2. The highest BCUT2D eigenvalue weighted by molar-refractivity contribution is 7.89. The van der Waals surface area contributed by atoms with E-state index in [0.717, 1.165) is 63.7 Å². The number of carbonyl (C=O) groups is 1. The summed E-state index contributed by atoms with van der Waals surface area (Å²) >= 11 is 0. The van der Waals surface area contributed by atoms with Gasteiger partial charge in [-0.1, -0.05) is 31.0 Å². The van der Waals surface area contributed by atoms with E-state index in [1.165, 1.54) is 19.1 Å². The van der Waals surface area contributed by atoms with Crippen molar-refractivity contribution in [3.8, 4) is 5.75 Å². The predicted molar refractivity (Wildman–Crippen MR) is 141 cm³/mol. The molecule has 0 amide bonds. The number of unbranched alkanes of at least 4 members (excludes halogenated alkanes) is 4. The fourth-order valence-electron chi connectivity index (χ4n) is 3.79. The van der Waals surface area contributed by atoms with Crippen LogP contribution in [0.4, 0.5) is 0 Å². The highest BCUT2D eigenvalue weighted by Crippen LogP contribution is 2.23. The smallest absolute Gasteiger partial charge is 0.302 e. The number of aromatic hydroxyl groups is 1. The van der Waals surface area contributed by atoms with E-state index in [1.807, 2.05) is 6.07 Å². The highest BCUT2D eigenvalue weighted by Gasteiger charge is 2.11. The molecule has 206 valence electrons. The Morgan fingerprint density at radius 3 is 2.49 bits per heavy atom. The van der Waals surface area contributed by atoms with Crippen LogP contribution in [-0.4, -0.2) is 50.9 Å². The van der Waals surface area contributed by atoms with Crippen molar-refractivity contribution in [2.24, 2.45) is 5.14 Å². The standard InChI is InChI=1S/C27H40N2O7S/c1-21(30)36-20-24-18-23(12-13-26(24)31)27(32)19-29-14-5-7-16-35-15-6-3-2-4-9-22-10-8-11-25(17-22)37(28,33)34/h8,10-13,17-18,27,29,31-32H,2-7,9,14-16,19-20H2,1H3,(H2,28,33,34)/t27-/m0/s1. The van der Waals surface area contributed by atoms with E-state index >= 15 is 0 Å². The average Bonchev–Trinajstić information content (AvgIpc) is 2.85. The van der Waals surface area contributed by atoms with Crippen LogP contribution in [-0.2, 0) is 37.3 Å². The summed E-state index contributed by atoms with van der Waals surface area (Å²) < 4.78 is 33.5. The molecular weight excluding hydrogens is 496 g/mol. The molecular formula is C27H40N2O7S. The molecule has 5 N–H and O–H groups in total. The van der Waals surface area contributed by atoms with Crippen LogP contribution in [0.25, 0.3) is 0 Å². The number of aliphatic hydroxyl groups is 1. The van der Waals surface area contributed by atoms with Crippen molar-refractivity contribution < 1.29 is 32.9 Å². The monoisotopic (exact) mass is 536 g/mol. The Labute approximate surface area is 220 Å². The number of hydrogen-bond acceptors (Lipinski definition) is 8. The fourth-order valence-corrected chi connectivity index (χ4v) is 4.37. The van der Waals surface area contributed by atoms with Gasteiger partial charge < -0.3 is 25.0 Å². The van der Waals surface area contributed by atoms with Crippen LogP contribution >= 0.6 is 0 Å². The van der Waals surface area contributed by atoms with Crippen LogP contribution in [0.2, 0.25) is 0 Å². The van der Waals surface area contributed by atoms with Gasteiger partial charge in [0.25, 0.3) is 0 Å². The van der Waals surface area contributed by atoms with Gasteiger partial charge in [0.1, 0.15) is 12.4 Å². The molecule has 0 fully saturated rings. The number of sulfonamides is 1. The average molecular weight is 537 g/mol. The van der Waals surface area contributed by atoms with E-state index in [4.69, 9.17) is 14.6 Å². The third-order valence-corrected chi connectivity index (χ3v) is 6.79. The first-order valence-electron chi connectivity index (χ1n) is 12.7. The Hall–Kier alpha value is -2.50. The molecule has 0 aliphatic heterocycles. The Balaban J connectivity index is 1.47. The number of nitrogens with two attached hydrogens (primary N) is 1. The SMILES string of the molecule is CC(=O)OCc1cc([C@@H](O)CNCCCCOCCCCCCc2cccc(S(N)(=O)=O)c2)ccc1O. The maximum atomic E-state index is 11.4. The summed E-state index contributed by atoms with van der Waals surface area (Å²) in [6.45, 7) is 3.83. The summed E-state index contributed by atoms with van der Waals surface area (Å²) in [5.41, 5.74) is 2.09. The van der Waals surface area contributed by atoms with Crippen LogP contribution in [0.15, 0.2) is 47.4 Å². The molecule has 0 bridgehead atoms. The lowest BCUT2D eigenvalue weighted by Crippen LogP contribution is -2.23. The van der Waals surface area contributed by atoms with Gasteiger partial charge in [-0.2, -0.15) is 0 Å². The minimum atomic E-state index is -3.66. The van der Waals surface area contributed by atoms with Gasteiger partial charge in [-0.3, -0.25) is 4.79 Å². The van der Waals surface area contributed by atoms with Gasteiger partial charge in [0, 0.05) is 32.2 Å². The number of primary sulfonamides is 1. The highest BCUT2D eigenvalue weighted by atomic mass is 32.2. The Kier molecular flexibility index (Phi) is 13.6. The van der Waals surface area contributed by atoms with E-state index in [9.17, 15) is 23.4 Å². The first kappa shape index (κ1) is 30.7. The van der Waals surface area contributed by atoms with Crippen molar-refractivity contribution in [3.05, 3.63) is 59.2 Å². The third kappa shape index (κ3) is 12.5. The van der Waals surface area contributed by atoms with E-state index in [2.05, 4.69) is 5.32 Å². The normalized spacial score (nSPS) is 12.4. The van der Waals surface area contributed by atoms with Crippen LogP contribution < -0.4 is 10.5 Å². The number of ether oxygens (including phenoxy) is 2. The van der Waals surface area contributed by atoms with Gasteiger partial charge in [0.05, 0.1) is 11.0 Å². The van der Waals surface area contributed by atoms with Crippen LogP contribution in [0.5, 0.6) is 5.75 Å². The molecule has 0 aliphatic rings. The van der Waals surface area contributed by atoms with Gasteiger partial charge >= 0.3 is 5.97 Å². The molecule has 10 heteroatoms. The summed E-state index contributed by atoms with van der Waals surface area (Å²) in [5.74, 6) is -0.405. The second kappa shape index (κ2) is 16.4. The molecule has 9 nitrogen and oxygen atoms in total. The molecule has 2 aromatic rings. The number of esters is 1. The van der Waals surface area contributed by atoms with Crippen molar-refractivity contribution in [2.45, 2.75) is 69.5 Å². The largest absolute Gasteiger partial charge is 0.508 e. The molecule has 0 heterocycles. The quantitative estimate of drug-likeness (QED) is 0.167. The molecule has 2 aromatic carbocycles. The Morgan fingerprint density at radius 1 is 1.03 bits per heavy atom. The van der Waals surface area contributed by atoms with Crippen LogP contribution in [0.1, 0.15) is 68.2 Å². The maximum absolute atomic E-state index is 11.4. The van der Waals surface area contributed by atoms with Gasteiger partial charge in [-0.05, 0) is 74.0 Å². The summed E-state index contributed by atoms with van der Waals surface area (Å²) in [4.78, 5) is 11.1. The number of phenolic OH excluding ortho intramolecular Hbond substituents is 1. The molecule has 0 aliphatic carbocycles. The third-order valence-electron chi connectivity index (χ3n) is 5.88. The Bertz CT molecular complexity index is 1080. The van der Waals surface area contributed by atoms with E-state index in [1.54, 1.807) is 24.3 Å². The van der Waals surface area contributed by atoms with Gasteiger partial charge in [0.2, 0.25) is 10.0 Å². The zero-order chi connectivity index (χ0) is 27.1. The zero-order valence-corrected chi connectivity index (χ0v) is 22.3. The lowest BCUT2D eigenvalue weighted by atomic mass is 10.1. The number of hydrogen-bond donors (Lipinski definition) is 4. The van der Waals surface area contributed by atoms with E-state index in [0.29, 0.717) is 24.3 Å². The van der Waals surface area contributed by atoms with E-state index < -0.39 is 22.1 Å². The Morgan fingerprint density at radius 2 is 1.76 bits per heavy atom. The number of aliphatic hydroxyl groups excluding tert-OH is 1. The minimum absolute atomic E-state index is 0.0262. The fraction of sp³-hybridized carbons (Fsp3) is 0.519. The second-order valence-electron chi connectivity index (χ2n) is 9.06. The summed E-state index contributed by atoms with van der Waals surface area (Å²) in [5, 5.41) is 28.7. The van der Waals surface area contributed by atoms with Crippen molar-refractivity contribution in [2.75, 3.05) is 26.3 Å². The van der Waals surface area contributed by atoms with Crippen molar-refractivity contribution in [3.63, 3.8) is 0 Å². The molecule has 0 saturated heterocycles. The number of aryl methyl sites for hydroxylation is 1. The lowest BCUT2D eigenvalue weighted by Gasteiger charge is -2.14. The number of phenols is 1. The minimum Gasteiger partial charge on any atom is -0.508 e. The first-order chi connectivity index (χ1) is 17.7. The zero-order valence-electron chi connectivity index (χ0n) is 21.5. The second-order valence-corrected chi connectivity index (χ2v) is 10.6. The summed E-state index contributed by atoms with van der Waals surface area (Å²) in [6, 6.07) is 11.6. The van der Waals surface area contributed by atoms with Crippen LogP contribution in [0, 0.1) is 0 Å². The van der Waals surface area contributed by atoms with E-state index in [-0.39, 0.29) is 17.3 Å². The number of nitrogens with one attached hydrogen (secondary N) is 1. The molecule has 0 saturated carbocycles. The van der Waals surface area contributed by atoms with Crippen molar-refractivity contribution in [1.82, 2.24) is 5.32 Å². The topological polar surface area (TPSA) is 148 Å².